The van der Waals surface area contributed by atoms with E-state index in [0.29, 0.717) is 6.54 Å². The molecular weight excluding hydrogens is 252 g/mol. The molecule has 5 heteroatoms. The third-order valence-electron chi connectivity index (χ3n) is 3.40. The Kier molecular flexibility index (Phi) is 5.01. The molecule has 1 heterocycles. The van der Waals surface area contributed by atoms with Gasteiger partial charge < -0.3 is 15.3 Å². The SMILES string of the molecule is CCN(CCO)c1ccc(NCc2cn[nH]c2C)cc1. The highest BCUT2D eigenvalue weighted by atomic mass is 16.3. The van der Waals surface area contributed by atoms with E-state index in [-0.39, 0.29) is 6.61 Å². The summed E-state index contributed by atoms with van der Waals surface area (Å²) in [6.07, 6.45) is 1.84. The van der Waals surface area contributed by atoms with Gasteiger partial charge in [0.05, 0.1) is 12.8 Å². The van der Waals surface area contributed by atoms with E-state index in [4.69, 9.17) is 5.11 Å². The van der Waals surface area contributed by atoms with E-state index in [0.717, 1.165) is 30.2 Å². The lowest BCUT2D eigenvalue weighted by Crippen LogP contribution is -2.25. The lowest BCUT2D eigenvalue weighted by Gasteiger charge is -2.22. The molecule has 0 unspecified atom stereocenters. The minimum Gasteiger partial charge on any atom is -0.395 e. The average Bonchev–Trinajstić information content (AvgIpc) is 2.89. The number of aryl methyl sites for hydroxylation is 1. The number of likely N-dealkylation sites (N-methyl/N-ethyl adjacent to an activating group) is 1. The monoisotopic (exact) mass is 274 g/mol. The topological polar surface area (TPSA) is 64.2 Å². The van der Waals surface area contributed by atoms with Crippen LogP contribution in [0.25, 0.3) is 0 Å². The summed E-state index contributed by atoms with van der Waals surface area (Å²) in [7, 11) is 0. The van der Waals surface area contributed by atoms with Crippen LogP contribution < -0.4 is 10.2 Å². The normalized spacial score (nSPS) is 10.6. The first-order valence-corrected chi connectivity index (χ1v) is 6.93. The lowest BCUT2D eigenvalue weighted by atomic mass is 10.2. The third kappa shape index (κ3) is 3.51. The summed E-state index contributed by atoms with van der Waals surface area (Å²) in [4.78, 5) is 2.14. The zero-order valence-electron chi connectivity index (χ0n) is 12.1. The van der Waals surface area contributed by atoms with Crippen LogP contribution in [0.1, 0.15) is 18.2 Å². The summed E-state index contributed by atoms with van der Waals surface area (Å²) in [5, 5.41) is 19.4. The van der Waals surface area contributed by atoms with E-state index in [2.05, 4.69) is 51.6 Å². The van der Waals surface area contributed by atoms with Gasteiger partial charge in [0.1, 0.15) is 0 Å². The van der Waals surface area contributed by atoms with Crippen LogP contribution in [0.3, 0.4) is 0 Å². The summed E-state index contributed by atoms with van der Waals surface area (Å²) in [5.74, 6) is 0. The molecule has 0 saturated heterocycles. The molecule has 0 atom stereocenters. The molecular formula is C15H22N4O. The fourth-order valence-electron chi connectivity index (χ4n) is 2.13. The number of rotatable bonds is 7. The Hall–Kier alpha value is -2.01. The molecule has 0 radical (unpaired) electrons. The van der Waals surface area contributed by atoms with Gasteiger partial charge in [-0.25, -0.2) is 0 Å². The summed E-state index contributed by atoms with van der Waals surface area (Å²) in [6.45, 7) is 6.59. The zero-order valence-corrected chi connectivity index (χ0v) is 12.1. The number of aromatic nitrogens is 2. The Morgan fingerprint density at radius 3 is 2.60 bits per heavy atom. The van der Waals surface area contributed by atoms with Gasteiger partial charge in [-0.05, 0) is 38.1 Å². The molecule has 0 aliphatic rings. The highest BCUT2D eigenvalue weighted by Crippen LogP contribution is 2.18. The van der Waals surface area contributed by atoms with Crippen molar-refractivity contribution in [3.05, 3.63) is 41.7 Å². The lowest BCUT2D eigenvalue weighted by molar-refractivity contribution is 0.302. The third-order valence-corrected chi connectivity index (χ3v) is 3.40. The van der Waals surface area contributed by atoms with E-state index in [1.165, 1.54) is 5.56 Å². The van der Waals surface area contributed by atoms with Crippen LogP contribution in [0.15, 0.2) is 30.5 Å². The Morgan fingerprint density at radius 1 is 1.30 bits per heavy atom. The number of nitrogens with zero attached hydrogens (tertiary/aromatic N) is 2. The number of aromatic amines is 1. The molecule has 1 aromatic heterocycles. The largest absolute Gasteiger partial charge is 0.395 e. The molecule has 0 aliphatic carbocycles. The van der Waals surface area contributed by atoms with Crippen molar-refractivity contribution in [3.8, 4) is 0 Å². The van der Waals surface area contributed by atoms with Gasteiger partial charge in [-0.15, -0.1) is 0 Å². The van der Waals surface area contributed by atoms with Crippen LogP contribution in [0.5, 0.6) is 0 Å². The first-order chi connectivity index (χ1) is 9.74. The molecule has 2 aromatic rings. The number of H-pyrrole nitrogens is 1. The van der Waals surface area contributed by atoms with Gasteiger partial charge in [0.15, 0.2) is 0 Å². The molecule has 1 aromatic carbocycles. The van der Waals surface area contributed by atoms with Gasteiger partial charge in [-0.2, -0.15) is 5.10 Å². The van der Waals surface area contributed by atoms with Gasteiger partial charge in [0, 0.05) is 42.3 Å². The van der Waals surface area contributed by atoms with Crippen molar-refractivity contribution in [2.24, 2.45) is 0 Å². The number of aliphatic hydroxyl groups excluding tert-OH is 1. The van der Waals surface area contributed by atoms with Crippen molar-refractivity contribution in [2.45, 2.75) is 20.4 Å². The van der Waals surface area contributed by atoms with Crippen LogP contribution in [0.4, 0.5) is 11.4 Å². The van der Waals surface area contributed by atoms with Gasteiger partial charge >= 0.3 is 0 Å². The molecule has 20 heavy (non-hydrogen) atoms. The molecule has 0 aliphatic heterocycles. The van der Waals surface area contributed by atoms with Crippen molar-refractivity contribution >= 4 is 11.4 Å². The fraction of sp³-hybridized carbons (Fsp3) is 0.400. The van der Waals surface area contributed by atoms with Crippen LogP contribution >= 0.6 is 0 Å². The Morgan fingerprint density at radius 2 is 2.05 bits per heavy atom. The average molecular weight is 274 g/mol. The quantitative estimate of drug-likeness (QED) is 0.724. The van der Waals surface area contributed by atoms with Crippen LogP contribution in [0.2, 0.25) is 0 Å². The Bertz CT molecular complexity index is 521. The van der Waals surface area contributed by atoms with E-state index < -0.39 is 0 Å². The molecule has 0 spiro atoms. The number of benzene rings is 1. The Balaban J connectivity index is 1.96. The van der Waals surface area contributed by atoms with Gasteiger partial charge in [-0.1, -0.05) is 0 Å². The summed E-state index contributed by atoms with van der Waals surface area (Å²) in [6, 6.07) is 8.27. The fourth-order valence-corrected chi connectivity index (χ4v) is 2.13. The van der Waals surface area contributed by atoms with Crippen molar-refractivity contribution in [3.63, 3.8) is 0 Å². The van der Waals surface area contributed by atoms with E-state index in [9.17, 15) is 0 Å². The molecule has 0 amide bonds. The van der Waals surface area contributed by atoms with Crippen LogP contribution in [-0.2, 0) is 6.54 Å². The molecule has 3 N–H and O–H groups in total. The summed E-state index contributed by atoms with van der Waals surface area (Å²) >= 11 is 0. The number of aliphatic hydroxyl groups is 1. The first-order valence-electron chi connectivity index (χ1n) is 6.93. The van der Waals surface area contributed by atoms with E-state index in [1.807, 2.05) is 13.1 Å². The predicted molar refractivity (Wildman–Crippen MR) is 82.1 cm³/mol. The smallest absolute Gasteiger partial charge is 0.0606 e. The second-order valence-electron chi connectivity index (χ2n) is 4.72. The molecule has 0 fully saturated rings. The van der Waals surface area contributed by atoms with Crippen LogP contribution in [-0.4, -0.2) is 35.0 Å². The van der Waals surface area contributed by atoms with Crippen LogP contribution in [0, 0.1) is 6.92 Å². The van der Waals surface area contributed by atoms with Gasteiger partial charge in [0.25, 0.3) is 0 Å². The van der Waals surface area contributed by atoms with E-state index >= 15 is 0 Å². The first kappa shape index (κ1) is 14.4. The van der Waals surface area contributed by atoms with Crippen molar-refractivity contribution in [2.75, 3.05) is 29.9 Å². The zero-order chi connectivity index (χ0) is 14.4. The standard InChI is InChI=1S/C15H22N4O/c1-3-19(8-9-20)15-6-4-14(5-7-15)16-10-13-11-17-18-12(13)2/h4-7,11,16,20H,3,8-10H2,1-2H3,(H,17,18). The van der Waals surface area contributed by atoms with Crippen molar-refractivity contribution in [1.82, 2.24) is 10.2 Å². The van der Waals surface area contributed by atoms with Gasteiger partial charge in [-0.3, -0.25) is 5.10 Å². The molecule has 5 nitrogen and oxygen atoms in total. The minimum atomic E-state index is 0.174. The van der Waals surface area contributed by atoms with Crippen molar-refractivity contribution < 1.29 is 5.11 Å². The van der Waals surface area contributed by atoms with Crippen molar-refractivity contribution in [1.29, 1.82) is 0 Å². The predicted octanol–water partition coefficient (Wildman–Crippen LogP) is 2.15. The number of hydrogen-bond donors (Lipinski definition) is 3. The number of nitrogens with one attached hydrogen (secondary N) is 2. The maximum absolute atomic E-state index is 9.04. The van der Waals surface area contributed by atoms with E-state index in [1.54, 1.807) is 0 Å². The maximum atomic E-state index is 9.04. The highest BCUT2D eigenvalue weighted by molar-refractivity contribution is 5.55. The molecule has 2 rings (SSSR count). The summed E-state index contributed by atoms with van der Waals surface area (Å²) < 4.78 is 0. The summed E-state index contributed by atoms with van der Waals surface area (Å²) in [5.41, 5.74) is 4.47. The Labute approximate surface area is 119 Å². The molecule has 0 bridgehead atoms. The number of anilines is 2. The molecule has 0 saturated carbocycles. The van der Waals surface area contributed by atoms with Gasteiger partial charge in [0.2, 0.25) is 0 Å². The maximum Gasteiger partial charge on any atom is 0.0606 e. The molecule has 108 valence electrons. The second-order valence-corrected chi connectivity index (χ2v) is 4.72. The highest BCUT2D eigenvalue weighted by Gasteiger charge is 2.04. The number of hydrogen-bond acceptors (Lipinski definition) is 4. The minimum absolute atomic E-state index is 0.174. The second kappa shape index (κ2) is 6.96.